The number of rotatable bonds is 3. The van der Waals surface area contributed by atoms with Crippen LogP contribution in [-0.4, -0.2) is 13.1 Å². The first-order valence-electron chi connectivity index (χ1n) is 3.94. The van der Waals surface area contributed by atoms with E-state index in [9.17, 15) is 9.70 Å². The lowest BCUT2D eigenvalue weighted by Crippen LogP contribution is -2.03. The van der Waals surface area contributed by atoms with Crippen LogP contribution >= 0.6 is 0 Å². The average molecular weight is 194 g/mol. The topological polar surface area (TPSA) is 81.8 Å². The van der Waals surface area contributed by atoms with Crippen molar-refractivity contribution in [3.8, 4) is 0 Å². The van der Waals surface area contributed by atoms with Gasteiger partial charge in [0.1, 0.15) is 6.54 Å². The smallest absolute Gasteiger partial charge is 0.337 e. The maximum Gasteiger partial charge on any atom is 0.337 e. The molecular formula is C9H10N2O3. The quantitative estimate of drug-likeness (QED) is 0.447. The molecule has 0 radical (unpaired) electrons. The van der Waals surface area contributed by atoms with Gasteiger partial charge in [-0.15, -0.1) is 0 Å². The van der Waals surface area contributed by atoms with Gasteiger partial charge in [-0.3, -0.25) is 0 Å². The van der Waals surface area contributed by atoms with Crippen molar-refractivity contribution in [3.63, 3.8) is 0 Å². The first-order chi connectivity index (χ1) is 6.67. The fourth-order valence-corrected chi connectivity index (χ4v) is 1.12. The highest BCUT2D eigenvalue weighted by Gasteiger charge is 2.07. The number of carbonyl (C=O) groups is 1. The molecule has 0 atom stereocenters. The zero-order valence-electron chi connectivity index (χ0n) is 7.69. The van der Waals surface area contributed by atoms with Crippen LogP contribution < -0.4 is 5.73 Å². The van der Waals surface area contributed by atoms with Crippen molar-refractivity contribution >= 4 is 11.7 Å². The molecule has 74 valence electrons. The Morgan fingerprint density at radius 1 is 1.50 bits per heavy atom. The van der Waals surface area contributed by atoms with Gasteiger partial charge < -0.3 is 10.5 Å². The van der Waals surface area contributed by atoms with Crippen LogP contribution in [0.5, 0.6) is 0 Å². The molecule has 0 aliphatic rings. The second-order valence-corrected chi connectivity index (χ2v) is 2.74. The largest absolute Gasteiger partial charge is 0.465 e. The number of anilines is 1. The molecule has 1 rings (SSSR count). The molecule has 0 spiro atoms. The van der Waals surface area contributed by atoms with Crippen molar-refractivity contribution in [3.05, 3.63) is 34.2 Å². The maximum absolute atomic E-state index is 11.1. The van der Waals surface area contributed by atoms with Gasteiger partial charge in [-0.2, -0.15) is 4.91 Å². The van der Waals surface area contributed by atoms with Crippen LogP contribution in [0.2, 0.25) is 0 Å². The third kappa shape index (κ3) is 2.29. The highest BCUT2D eigenvalue weighted by molar-refractivity contribution is 5.90. The molecule has 0 fully saturated rings. The number of ether oxygens (including phenoxy) is 1. The molecule has 0 unspecified atom stereocenters. The van der Waals surface area contributed by atoms with E-state index < -0.39 is 5.97 Å². The Hall–Kier alpha value is -1.91. The monoisotopic (exact) mass is 194 g/mol. The fourth-order valence-electron chi connectivity index (χ4n) is 1.12. The number of nitroso groups, excluding NO2 is 1. The Labute approximate surface area is 80.8 Å². The summed E-state index contributed by atoms with van der Waals surface area (Å²) < 4.78 is 4.52. The third-order valence-corrected chi connectivity index (χ3v) is 1.68. The molecule has 0 saturated carbocycles. The van der Waals surface area contributed by atoms with E-state index in [4.69, 9.17) is 5.73 Å². The van der Waals surface area contributed by atoms with Crippen molar-refractivity contribution in [1.29, 1.82) is 0 Å². The molecule has 0 heterocycles. The Morgan fingerprint density at radius 3 is 2.79 bits per heavy atom. The van der Waals surface area contributed by atoms with Crippen LogP contribution in [0, 0.1) is 4.91 Å². The summed E-state index contributed by atoms with van der Waals surface area (Å²) in [5.41, 5.74) is 6.86. The molecule has 2 N–H and O–H groups in total. The van der Waals surface area contributed by atoms with Gasteiger partial charge >= 0.3 is 5.97 Å². The van der Waals surface area contributed by atoms with E-state index in [-0.39, 0.29) is 6.54 Å². The molecule has 14 heavy (non-hydrogen) atoms. The van der Waals surface area contributed by atoms with Gasteiger partial charge in [-0.1, -0.05) is 5.18 Å². The number of benzene rings is 1. The predicted molar refractivity (Wildman–Crippen MR) is 51.7 cm³/mol. The van der Waals surface area contributed by atoms with Crippen molar-refractivity contribution < 1.29 is 9.53 Å². The average Bonchev–Trinajstić information content (AvgIpc) is 2.16. The number of hydrogen-bond acceptors (Lipinski definition) is 5. The van der Waals surface area contributed by atoms with Crippen LogP contribution in [0.25, 0.3) is 0 Å². The van der Waals surface area contributed by atoms with Crippen LogP contribution in [0.15, 0.2) is 23.4 Å². The molecule has 0 amide bonds. The number of hydrogen-bond donors (Lipinski definition) is 1. The standard InChI is InChI=1S/C9H10N2O3/c1-14-9(12)7-2-6(5-11-13)3-8(10)4-7/h2-4H,5,10H2,1H3. The van der Waals surface area contributed by atoms with Gasteiger partial charge in [0.25, 0.3) is 0 Å². The summed E-state index contributed by atoms with van der Waals surface area (Å²) in [4.78, 5) is 21.2. The lowest BCUT2D eigenvalue weighted by molar-refractivity contribution is 0.0600. The van der Waals surface area contributed by atoms with E-state index in [0.29, 0.717) is 16.8 Å². The number of esters is 1. The zero-order valence-corrected chi connectivity index (χ0v) is 7.69. The summed E-state index contributed by atoms with van der Waals surface area (Å²) in [5.74, 6) is -0.482. The molecule has 1 aromatic rings. The van der Waals surface area contributed by atoms with E-state index >= 15 is 0 Å². The minimum Gasteiger partial charge on any atom is -0.465 e. The predicted octanol–water partition coefficient (Wildman–Crippen LogP) is 1.32. The minimum absolute atomic E-state index is 0.00493. The lowest BCUT2D eigenvalue weighted by Gasteiger charge is -2.03. The molecule has 0 aliphatic carbocycles. The van der Waals surface area contributed by atoms with Crippen LogP contribution in [0.3, 0.4) is 0 Å². The Bertz CT molecular complexity index is 363. The summed E-state index contributed by atoms with van der Waals surface area (Å²) in [6.07, 6.45) is 0. The summed E-state index contributed by atoms with van der Waals surface area (Å²) in [7, 11) is 1.28. The van der Waals surface area contributed by atoms with Crippen LogP contribution in [-0.2, 0) is 11.3 Å². The highest BCUT2D eigenvalue weighted by Crippen LogP contribution is 2.13. The molecule has 0 saturated heterocycles. The molecule has 5 nitrogen and oxygen atoms in total. The third-order valence-electron chi connectivity index (χ3n) is 1.68. The molecule has 5 heteroatoms. The Kier molecular flexibility index (Phi) is 3.17. The maximum atomic E-state index is 11.1. The van der Waals surface area contributed by atoms with Gasteiger partial charge in [0.05, 0.1) is 12.7 Å². The zero-order chi connectivity index (χ0) is 10.6. The molecular weight excluding hydrogens is 184 g/mol. The lowest BCUT2D eigenvalue weighted by atomic mass is 10.1. The van der Waals surface area contributed by atoms with E-state index in [0.717, 1.165) is 0 Å². The van der Waals surface area contributed by atoms with Crippen LogP contribution in [0.1, 0.15) is 15.9 Å². The van der Waals surface area contributed by atoms with E-state index in [1.54, 1.807) is 6.07 Å². The second kappa shape index (κ2) is 4.36. The fraction of sp³-hybridized carbons (Fsp3) is 0.222. The normalized spacial score (nSPS) is 9.50. The van der Waals surface area contributed by atoms with Gasteiger partial charge in [-0.05, 0) is 23.8 Å². The Morgan fingerprint density at radius 2 is 2.21 bits per heavy atom. The first-order valence-corrected chi connectivity index (χ1v) is 3.94. The summed E-state index contributed by atoms with van der Waals surface area (Å²) >= 11 is 0. The first kappa shape index (κ1) is 10.2. The van der Waals surface area contributed by atoms with Crippen LogP contribution in [0.4, 0.5) is 5.69 Å². The summed E-state index contributed by atoms with van der Waals surface area (Å²) in [6.45, 7) is -0.00493. The van der Waals surface area contributed by atoms with E-state index in [2.05, 4.69) is 9.91 Å². The van der Waals surface area contributed by atoms with Gasteiger partial charge in [-0.25, -0.2) is 4.79 Å². The molecule has 0 bridgehead atoms. The van der Waals surface area contributed by atoms with E-state index in [1.807, 2.05) is 0 Å². The second-order valence-electron chi connectivity index (χ2n) is 2.74. The minimum atomic E-state index is -0.482. The van der Waals surface area contributed by atoms with Gasteiger partial charge in [0.2, 0.25) is 0 Å². The van der Waals surface area contributed by atoms with Gasteiger partial charge in [0, 0.05) is 5.69 Å². The van der Waals surface area contributed by atoms with Crippen molar-refractivity contribution in [2.75, 3.05) is 12.8 Å². The van der Waals surface area contributed by atoms with Crippen molar-refractivity contribution in [1.82, 2.24) is 0 Å². The number of methoxy groups -OCH3 is 1. The molecule has 0 aromatic heterocycles. The molecule has 0 aliphatic heterocycles. The molecule has 1 aromatic carbocycles. The Balaban J connectivity index is 3.06. The summed E-state index contributed by atoms with van der Waals surface area (Å²) in [6, 6.07) is 4.61. The van der Waals surface area contributed by atoms with Crippen molar-refractivity contribution in [2.45, 2.75) is 6.54 Å². The SMILES string of the molecule is COC(=O)c1cc(N)cc(CN=O)c1. The highest BCUT2D eigenvalue weighted by atomic mass is 16.5. The summed E-state index contributed by atoms with van der Waals surface area (Å²) in [5, 5.41) is 2.72. The van der Waals surface area contributed by atoms with Gasteiger partial charge in [0.15, 0.2) is 0 Å². The van der Waals surface area contributed by atoms with E-state index in [1.165, 1.54) is 19.2 Å². The number of nitrogens with two attached hydrogens (primary N) is 1. The number of nitrogens with zero attached hydrogens (tertiary/aromatic N) is 1. The number of carbonyl (C=O) groups excluding carboxylic acids is 1. The van der Waals surface area contributed by atoms with Crippen molar-refractivity contribution in [2.24, 2.45) is 5.18 Å². The number of nitrogen functional groups attached to an aromatic ring is 1.